The van der Waals surface area contributed by atoms with Crippen molar-refractivity contribution in [2.45, 2.75) is 32.6 Å². The monoisotopic (exact) mass is 420 g/mol. The Kier molecular flexibility index (Phi) is 6.22. The number of hydrogen-bond acceptors (Lipinski definition) is 4. The molecular formula is C25H24O4S. The lowest BCUT2D eigenvalue weighted by Gasteiger charge is -2.13. The second-order valence-electron chi connectivity index (χ2n) is 7.40. The molecule has 0 atom stereocenters. The lowest BCUT2D eigenvalue weighted by molar-refractivity contribution is 0.104. The van der Waals surface area contributed by atoms with Crippen LogP contribution in [-0.4, -0.2) is 14.2 Å². The number of benzene rings is 3. The summed E-state index contributed by atoms with van der Waals surface area (Å²) >= 11 is 0. The van der Waals surface area contributed by atoms with E-state index in [1.807, 2.05) is 38.1 Å². The molecule has 0 aliphatic rings. The van der Waals surface area contributed by atoms with Crippen molar-refractivity contribution < 1.29 is 17.4 Å². The lowest BCUT2D eigenvalue weighted by Crippen LogP contribution is -2.13. The standard InChI is InChI=1S/C25H24O4S/c1-17-5-10-22(11-6-17)24(26)14-9-21-7-12-23(13-8-21)29-30(27,28)25-19(3)15-18(2)16-20(25)4/h5-16H,1-4H3. The fourth-order valence-electron chi connectivity index (χ4n) is 3.35. The predicted molar refractivity (Wildman–Crippen MR) is 119 cm³/mol. The number of rotatable bonds is 6. The van der Waals surface area contributed by atoms with Gasteiger partial charge in [0.2, 0.25) is 0 Å². The predicted octanol–water partition coefficient (Wildman–Crippen LogP) is 5.58. The fraction of sp³-hybridized carbons (Fsp3) is 0.160. The molecular weight excluding hydrogens is 396 g/mol. The Hall–Kier alpha value is -3.18. The van der Waals surface area contributed by atoms with Crippen LogP contribution in [0.3, 0.4) is 0 Å². The first kappa shape index (κ1) is 21.5. The molecule has 0 aromatic heterocycles. The van der Waals surface area contributed by atoms with Crippen molar-refractivity contribution in [3.05, 3.63) is 100 Å². The van der Waals surface area contributed by atoms with E-state index in [2.05, 4.69) is 0 Å². The Bertz CT molecular complexity index is 1180. The van der Waals surface area contributed by atoms with Crippen LogP contribution >= 0.6 is 0 Å². The second kappa shape index (κ2) is 8.67. The SMILES string of the molecule is Cc1ccc(C(=O)C=Cc2ccc(OS(=O)(=O)c3c(C)cc(C)cc3C)cc2)cc1. The molecule has 0 unspecified atom stereocenters. The van der Waals surface area contributed by atoms with E-state index < -0.39 is 10.1 Å². The first-order chi connectivity index (χ1) is 14.2. The highest BCUT2D eigenvalue weighted by Crippen LogP contribution is 2.26. The molecule has 0 aliphatic carbocycles. The van der Waals surface area contributed by atoms with E-state index in [0.29, 0.717) is 16.7 Å². The summed E-state index contributed by atoms with van der Waals surface area (Å²) in [7, 11) is -3.94. The summed E-state index contributed by atoms with van der Waals surface area (Å²) in [6, 6.07) is 17.6. The van der Waals surface area contributed by atoms with E-state index in [1.165, 1.54) is 6.08 Å². The maximum Gasteiger partial charge on any atom is 0.339 e. The van der Waals surface area contributed by atoms with Gasteiger partial charge in [0.05, 0.1) is 0 Å². The van der Waals surface area contributed by atoms with Gasteiger partial charge in [-0.05, 0) is 62.6 Å². The molecule has 154 valence electrons. The van der Waals surface area contributed by atoms with E-state index in [4.69, 9.17) is 4.18 Å². The molecule has 0 aliphatic heterocycles. The molecule has 3 aromatic rings. The van der Waals surface area contributed by atoms with E-state index >= 15 is 0 Å². The summed E-state index contributed by atoms with van der Waals surface area (Å²) in [5.41, 5.74) is 4.79. The van der Waals surface area contributed by atoms with Crippen LogP contribution in [-0.2, 0) is 10.1 Å². The Morgan fingerprint density at radius 3 is 1.93 bits per heavy atom. The maximum atomic E-state index is 12.8. The van der Waals surface area contributed by atoms with Crippen LogP contribution in [0.2, 0.25) is 0 Å². The van der Waals surface area contributed by atoms with Crippen molar-refractivity contribution in [2.24, 2.45) is 0 Å². The van der Waals surface area contributed by atoms with Crippen LogP contribution < -0.4 is 4.18 Å². The highest BCUT2D eigenvalue weighted by molar-refractivity contribution is 7.87. The number of ketones is 1. The Morgan fingerprint density at radius 1 is 0.800 bits per heavy atom. The van der Waals surface area contributed by atoms with Crippen LogP contribution in [0.1, 0.15) is 38.2 Å². The van der Waals surface area contributed by atoms with Gasteiger partial charge in [-0.25, -0.2) is 0 Å². The van der Waals surface area contributed by atoms with Crippen LogP contribution in [0.4, 0.5) is 0 Å². The van der Waals surface area contributed by atoms with E-state index in [9.17, 15) is 13.2 Å². The minimum absolute atomic E-state index is 0.0942. The summed E-state index contributed by atoms with van der Waals surface area (Å²) in [5.74, 6) is 0.125. The molecule has 0 bridgehead atoms. The van der Waals surface area contributed by atoms with Crippen molar-refractivity contribution >= 4 is 22.0 Å². The number of allylic oxidation sites excluding steroid dienone is 1. The van der Waals surface area contributed by atoms with E-state index in [-0.39, 0.29) is 16.4 Å². The maximum absolute atomic E-state index is 12.8. The van der Waals surface area contributed by atoms with Gasteiger partial charge in [-0.2, -0.15) is 8.42 Å². The third kappa shape index (κ3) is 5.05. The quantitative estimate of drug-likeness (QED) is 0.297. The van der Waals surface area contributed by atoms with Gasteiger partial charge < -0.3 is 4.18 Å². The van der Waals surface area contributed by atoms with Crippen LogP contribution in [0.25, 0.3) is 6.08 Å². The minimum atomic E-state index is -3.94. The van der Waals surface area contributed by atoms with Gasteiger partial charge in [-0.3, -0.25) is 4.79 Å². The highest BCUT2D eigenvalue weighted by atomic mass is 32.2. The van der Waals surface area contributed by atoms with Crippen molar-refractivity contribution in [1.82, 2.24) is 0 Å². The first-order valence-corrected chi connectivity index (χ1v) is 11.0. The molecule has 3 aromatic carbocycles. The van der Waals surface area contributed by atoms with Gasteiger partial charge >= 0.3 is 10.1 Å². The number of carbonyl (C=O) groups excluding carboxylic acids is 1. The van der Waals surface area contributed by atoms with Gasteiger partial charge in [0.15, 0.2) is 5.78 Å². The normalized spacial score (nSPS) is 11.6. The van der Waals surface area contributed by atoms with Gasteiger partial charge in [-0.15, -0.1) is 0 Å². The third-order valence-corrected chi connectivity index (χ3v) is 6.26. The zero-order chi connectivity index (χ0) is 21.9. The summed E-state index contributed by atoms with van der Waals surface area (Å²) in [4.78, 5) is 12.4. The number of aryl methyl sites for hydroxylation is 4. The first-order valence-electron chi connectivity index (χ1n) is 9.57. The van der Waals surface area contributed by atoms with Gasteiger partial charge in [0, 0.05) is 5.56 Å². The van der Waals surface area contributed by atoms with Gasteiger partial charge in [0.25, 0.3) is 0 Å². The molecule has 0 heterocycles. The lowest BCUT2D eigenvalue weighted by atomic mass is 10.1. The van der Waals surface area contributed by atoms with Crippen molar-refractivity contribution in [3.63, 3.8) is 0 Å². The number of carbonyl (C=O) groups is 1. The van der Waals surface area contributed by atoms with Crippen LogP contribution in [0, 0.1) is 27.7 Å². The largest absolute Gasteiger partial charge is 0.379 e. The molecule has 3 rings (SSSR count). The van der Waals surface area contributed by atoms with E-state index in [1.54, 1.807) is 56.3 Å². The molecule has 0 saturated carbocycles. The van der Waals surface area contributed by atoms with Crippen molar-refractivity contribution in [1.29, 1.82) is 0 Å². The molecule has 0 saturated heterocycles. The third-order valence-electron chi connectivity index (χ3n) is 4.70. The average molecular weight is 421 g/mol. The van der Waals surface area contributed by atoms with Crippen molar-refractivity contribution in [3.8, 4) is 5.75 Å². The Balaban J connectivity index is 1.74. The summed E-state index contributed by atoms with van der Waals surface area (Å²) in [6.07, 6.45) is 3.19. The fourth-order valence-corrected chi connectivity index (χ4v) is 4.70. The molecule has 30 heavy (non-hydrogen) atoms. The highest BCUT2D eigenvalue weighted by Gasteiger charge is 2.22. The Labute approximate surface area is 178 Å². The summed E-state index contributed by atoms with van der Waals surface area (Å²) in [5, 5.41) is 0. The molecule has 0 radical (unpaired) electrons. The van der Waals surface area contributed by atoms with Gasteiger partial charge in [-0.1, -0.05) is 65.7 Å². The Morgan fingerprint density at radius 2 is 1.37 bits per heavy atom. The van der Waals surface area contributed by atoms with Crippen LogP contribution in [0.5, 0.6) is 5.75 Å². The minimum Gasteiger partial charge on any atom is -0.379 e. The summed E-state index contributed by atoms with van der Waals surface area (Å²) in [6.45, 7) is 7.41. The molecule has 0 fully saturated rings. The topological polar surface area (TPSA) is 60.4 Å². The molecule has 0 spiro atoms. The second-order valence-corrected chi connectivity index (χ2v) is 8.88. The smallest absolute Gasteiger partial charge is 0.339 e. The number of hydrogen-bond donors (Lipinski definition) is 0. The van der Waals surface area contributed by atoms with Crippen LogP contribution in [0.15, 0.2) is 71.6 Å². The summed E-state index contributed by atoms with van der Waals surface area (Å²) < 4.78 is 30.8. The average Bonchev–Trinajstić information content (AvgIpc) is 2.66. The van der Waals surface area contributed by atoms with E-state index in [0.717, 1.165) is 16.7 Å². The molecule has 5 heteroatoms. The molecule has 0 N–H and O–H groups in total. The van der Waals surface area contributed by atoms with Gasteiger partial charge in [0.1, 0.15) is 10.6 Å². The van der Waals surface area contributed by atoms with Crippen molar-refractivity contribution in [2.75, 3.05) is 0 Å². The zero-order valence-corrected chi connectivity index (χ0v) is 18.3. The zero-order valence-electron chi connectivity index (χ0n) is 17.5. The molecule has 4 nitrogen and oxygen atoms in total. The molecule has 0 amide bonds.